The zero-order valence-corrected chi connectivity index (χ0v) is 18.7. The molecular weight excluding hydrogens is 392 g/mol. The lowest BCUT2D eigenvalue weighted by Gasteiger charge is -2.16. The highest BCUT2D eigenvalue weighted by molar-refractivity contribution is 7.99. The van der Waals surface area contributed by atoms with Gasteiger partial charge >= 0.3 is 0 Å². The Morgan fingerprint density at radius 2 is 1.87 bits per heavy atom. The van der Waals surface area contributed by atoms with Crippen molar-refractivity contribution >= 4 is 23.4 Å². The van der Waals surface area contributed by atoms with Gasteiger partial charge in [-0.15, -0.1) is 10.2 Å². The van der Waals surface area contributed by atoms with E-state index in [1.165, 1.54) is 47.7 Å². The number of hydrogen-bond donors (Lipinski definition) is 1. The molecule has 0 bridgehead atoms. The standard InChI is InChI=1S/C24H28N4OS/c1-4-28-23(20-11-10-18-7-5-6-8-19(18)14-20)26-27-24(28)30-15-22(29)25-21-12-9-16(2)13-17(21)3/h9-14H,4-8,15H2,1-3H3,(H,25,29). The Hall–Kier alpha value is -2.60. The van der Waals surface area contributed by atoms with Crippen molar-refractivity contribution in [3.05, 3.63) is 58.7 Å². The van der Waals surface area contributed by atoms with Crippen molar-refractivity contribution in [1.82, 2.24) is 14.8 Å². The average Bonchev–Trinajstić information content (AvgIpc) is 3.17. The smallest absolute Gasteiger partial charge is 0.234 e. The number of amides is 1. The second kappa shape index (κ2) is 9.04. The molecule has 1 aromatic heterocycles. The molecule has 6 heteroatoms. The van der Waals surface area contributed by atoms with E-state index in [9.17, 15) is 4.79 Å². The highest BCUT2D eigenvalue weighted by Crippen LogP contribution is 2.29. The molecule has 2 aromatic carbocycles. The first-order chi connectivity index (χ1) is 14.5. The highest BCUT2D eigenvalue weighted by atomic mass is 32.2. The second-order valence-corrected chi connectivity index (χ2v) is 8.84. The fraction of sp³-hybridized carbons (Fsp3) is 0.375. The van der Waals surface area contributed by atoms with Gasteiger partial charge in [-0.3, -0.25) is 4.79 Å². The molecule has 156 valence electrons. The monoisotopic (exact) mass is 420 g/mol. The molecule has 0 fully saturated rings. The summed E-state index contributed by atoms with van der Waals surface area (Å²) in [6.07, 6.45) is 4.85. The summed E-state index contributed by atoms with van der Waals surface area (Å²) in [6, 6.07) is 12.7. The van der Waals surface area contributed by atoms with Crippen LogP contribution in [0, 0.1) is 13.8 Å². The number of benzene rings is 2. The Bertz CT molecular complexity index is 1070. The van der Waals surface area contributed by atoms with Gasteiger partial charge in [0.15, 0.2) is 11.0 Å². The Morgan fingerprint density at radius 1 is 1.07 bits per heavy atom. The maximum Gasteiger partial charge on any atom is 0.234 e. The van der Waals surface area contributed by atoms with E-state index in [0.717, 1.165) is 40.8 Å². The first-order valence-corrected chi connectivity index (χ1v) is 11.6. The Kier molecular flexibility index (Phi) is 6.23. The van der Waals surface area contributed by atoms with E-state index in [0.29, 0.717) is 5.75 Å². The molecule has 4 rings (SSSR count). The number of carbonyl (C=O) groups is 1. The van der Waals surface area contributed by atoms with Crippen molar-refractivity contribution in [2.45, 2.75) is 58.2 Å². The van der Waals surface area contributed by atoms with Gasteiger partial charge in [0.25, 0.3) is 0 Å². The molecule has 0 spiro atoms. The van der Waals surface area contributed by atoms with Crippen LogP contribution in [0.5, 0.6) is 0 Å². The fourth-order valence-electron chi connectivity index (χ4n) is 4.04. The van der Waals surface area contributed by atoms with Gasteiger partial charge in [0, 0.05) is 17.8 Å². The largest absolute Gasteiger partial charge is 0.325 e. The zero-order valence-electron chi connectivity index (χ0n) is 17.9. The third-order valence-electron chi connectivity index (χ3n) is 5.63. The van der Waals surface area contributed by atoms with Gasteiger partial charge in [-0.2, -0.15) is 0 Å². The molecule has 0 atom stereocenters. The number of rotatable bonds is 6. The van der Waals surface area contributed by atoms with E-state index >= 15 is 0 Å². The van der Waals surface area contributed by atoms with Crippen LogP contribution in [0.2, 0.25) is 0 Å². The highest BCUT2D eigenvalue weighted by Gasteiger charge is 2.17. The molecule has 5 nitrogen and oxygen atoms in total. The summed E-state index contributed by atoms with van der Waals surface area (Å²) >= 11 is 1.43. The minimum Gasteiger partial charge on any atom is -0.325 e. The van der Waals surface area contributed by atoms with Crippen LogP contribution in [0.1, 0.15) is 42.0 Å². The molecule has 0 saturated carbocycles. The number of carbonyl (C=O) groups excluding carboxylic acids is 1. The summed E-state index contributed by atoms with van der Waals surface area (Å²) in [7, 11) is 0. The van der Waals surface area contributed by atoms with E-state index in [1.807, 2.05) is 26.0 Å². The normalized spacial score (nSPS) is 13.2. The van der Waals surface area contributed by atoms with Gasteiger partial charge in [0.2, 0.25) is 5.91 Å². The molecule has 0 unspecified atom stereocenters. The zero-order chi connectivity index (χ0) is 21.1. The van der Waals surface area contributed by atoms with Crippen molar-refractivity contribution in [3.63, 3.8) is 0 Å². The van der Waals surface area contributed by atoms with Crippen LogP contribution in [0.15, 0.2) is 41.6 Å². The van der Waals surface area contributed by atoms with Crippen molar-refractivity contribution in [2.24, 2.45) is 0 Å². The predicted molar refractivity (Wildman–Crippen MR) is 123 cm³/mol. The lowest BCUT2D eigenvalue weighted by Crippen LogP contribution is -2.15. The number of hydrogen-bond acceptors (Lipinski definition) is 4. The number of thioether (sulfide) groups is 1. The van der Waals surface area contributed by atoms with Gasteiger partial charge in [-0.05, 0) is 75.3 Å². The SMILES string of the molecule is CCn1c(SCC(=O)Nc2ccc(C)cc2C)nnc1-c1ccc2c(c1)CCCC2. The molecule has 0 radical (unpaired) electrons. The topological polar surface area (TPSA) is 59.8 Å². The molecule has 0 aliphatic heterocycles. The summed E-state index contributed by atoms with van der Waals surface area (Å²) in [5, 5.41) is 12.6. The van der Waals surface area contributed by atoms with E-state index < -0.39 is 0 Å². The van der Waals surface area contributed by atoms with Crippen LogP contribution in [0.25, 0.3) is 11.4 Å². The van der Waals surface area contributed by atoms with Crippen LogP contribution in [-0.4, -0.2) is 26.4 Å². The molecule has 1 aliphatic rings. The summed E-state index contributed by atoms with van der Waals surface area (Å²) in [4.78, 5) is 12.5. The lowest BCUT2D eigenvalue weighted by molar-refractivity contribution is -0.113. The van der Waals surface area contributed by atoms with Crippen molar-refractivity contribution < 1.29 is 4.79 Å². The molecule has 1 heterocycles. The predicted octanol–water partition coefficient (Wildman–Crippen LogP) is 5.19. The molecule has 1 aliphatic carbocycles. The number of anilines is 1. The fourth-order valence-corrected chi connectivity index (χ4v) is 4.84. The maximum atomic E-state index is 12.5. The minimum atomic E-state index is -0.0343. The number of aromatic nitrogens is 3. The number of nitrogens with one attached hydrogen (secondary N) is 1. The van der Waals surface area contributed by atoms with E-state index in [2.05, 4.69) is 51.3 Å². The van der Waals surface area contributed by atoms with Gasteiger partial charge in [-0.25, -0.2) is 0 Å². The quantitative estimate of drug-likeness (QED) is 0.558. The molecule has 0 saturated heterocycles. The summed E-state index contributed by atoms with van der Waals surface area (Å²) in [5.74, 6) is 1.14. The molecule has 1 amide bonds. The van der Waals surface area contributed by atoms with E-state index in [1.54, 1.807) is 0 Å². The van der Waals surface area contributed by atoms with Crippen LogP contribution in [0.3, 0.4) is 0 Å². The first-order valence-electron chi connectivity index (χ1n) is 10.6. The molecule has 1 N–H and O–H groups in total. The molecular formula is C24H28N4OS. The average molecular weight is 421 g/mol. The first kappa shape index (κ1) is 20.7. The van der Waals surface area contributed by atoms with E-state index in [-0.39, 0.29) is 5.91 Å². The summed E-state index contributed by atoms with van der Waals surface area (Å²) in [5.41, 5.74) is 7.12. The summed E-state index contributed by atoms with van der Waals surface area (Å²) in [6.45, 7) is 6.91. The van der Waals surface area contributed by atoms with Crippen LogP contribution < -0.4 is 5.32 Å². The maximum absolute atomic E-state index is 12.5. The van der Waals surface area contributed by atoms with Crippen LogP contribution in [0.4, 0.5) is 5.69 Å². The van der Waals surface area contributed by atoms with Crippen molar-refractivity contribution in [3.8, 4) is 11.4 Å². The van der Waals surface area contributed by atoms with Crippen molar-refractivity contribution in [2.75, 3.05) is 11.1 Å². The number of aryl methyl sites for hydroxylation is 4. The third kappa shape index (κ3) is 4.43. The van der Waals surface area contributed by atoms with Gasteiger partial charge < -0.3 is 9.88 Å². The number of nitrogens with zero attached hydrogens (tertiary/aromatic N) is 3. The Balaban J connectivity index is 1.46. The minimum absolute atomic E-state index is 0.0343. The summed E-state index contributed by atoms with van der Waals surface area (Å²) < 4.78 is 2.10. The molecule has 3 aromatic rings. The van der Waals surface area contributed by atoms with Crippen molar-refractivity contribution in [1.29, 1.82) is 0 Å². The van der Waals surface area contributed by atoms with Crippen LogP contribution in [-0.2, 0) is 24.2 Å². The Morgan fingerprint density at radius 3 is 2.63 bits per heavy atom. The Labute approximate surface area is 182 Å². The van der Waals surface area contributed by atoms with Crippen LogP contribution >= 0.6 is 11.8 Å². The van der Waals surface area contributed by atoms with Gasteiger partial charge in [0.1, 0.15) is 0 Å². The van der Waals surface area contributed by atoms with Gasteiger partial charge in [0.05, 0.1) is 5.75 Å². The lowest BCUT2D eigenvalue weighted by atomic mass is 9.90. The van der Waals surface area contributed by atoms with Gasteiger partial charge in [-0.1, -0.05) is 41.6 Å². The molecule has 30 heavy (non-hydrogen) atoms. The third-order valence-corrected chi connectivity index (χ3v) is 6.59. The van der Waals surface area contributed by atoms with E-state index in [4.69, 9.17) is 0 Å². The number of fused-ring (bicyclic) bond motifs is 1. The second-order valence-electron chi connectivity index (χ2n) is 7.90.